The van der Waals surface area contributed by atoms with Crippen molar-refractivity contribution in [1.82, 2.24) is 18.9 Å². The van der Waals surface area contributed by atoms with Crippen molar-refractivity contribution in [3.05, 3.63) is 17.7 Å². The first-order valence-electron chi connectivity index (χ1n) is 4.30. The number of aromatic nitrogens is 4. The van der Waals surface area contributed by atoms with Gasteiger partial charge in [0.25, 0.3) is 0 Å². The number of nitrogens with zero attached hydrogens (tertiary/aromatic N) is 4. The molecule has 0 saturated carbocycles. The molecule has 0 aliphatic heterocycles. The van der Waals surface area contributed by atoms with Crippen LogP contribution in [0.4, 0.5) is 0 Å². The van der Waals surface area contributed by atoms with Crippen LogP contribution in [0.3, 0.4) is 0 Å². The van der Waals surface area contributed by atoms with Gasteiger partial charge in [-0.3, -0.25) is 0 Å². The standard InChI is InChI=1S/C8H10N4OS2/c1-5-10-8(15-11-5)14-7-9-3-6(4-13)12(7)2/h3,13H,4H2,1-2H3. The van der Waals surface area contributed by atoms with Crippen molar-refractivity contribution in [3.63, 3.8) is 0 Å². The molecule has 0 bridgehead atoms. The minimum atomic E-state index is -0.000787. The van der Waals surface area contributed by atoms with Gasteiger partial charge in [0.1, 0.15) is 5.82 Å². The summed E-state index contributed by atoms with van der Waals surface area (Å²) in [5.41, 5.74) is 0.790. The average Bonchev–Trinajstić information content (AvgIpc) is 2.76. The third-order valence-electron chi connectivity index (χ3n) is 1.89. The molecule has 2 heterocycles. The Hall–Kier alpha value is -0.920. The Morgan fingerprint density at radius 3 is 2.93 bits per heavy atom. The van der Waals surface area contributed by atoms with E-state index in [-0.39, 0.29) is 6.61 Å². The van der Waals surface area contributed by atoms with Gasteiger partial charge in [0.05, 0.1) is 18.5 Å². The summed E-state index contributed by atoms with van der Waals surface area (Å²) in [6.07, 6.45) is 1.66. The van der Waals surface area contributed by atoms with Crippen molar-refractivity contribution in [2.45, 2.75) is 23.0 Å². The Bertz CT molecular complexity index is 465. The zero-order chi connectivity index (χ0) is 10.8. The lowest BCUT2D eigenvalue weighted by Gasteiger charge is -2.00. The first-order chi connectivity index (χ1) is 7.20. The van der Waals surface area contributed by atoms with Crippen LogP contribution in [0.25, 0.3) is 0 Å². The maximum Gasteiger partial charge on any atom is 0.177 e. The molecule has 0 aromatic carbocycles. The number of aliphatic hydroxyl groups excluding tert-OH is 1. The Labute approximate surface area is 95.4 Å². The fraction of sp³-hybridized carbons (Fsp3) is 0.375. The molecule has 0 amide bonds. The number of hydrogen-bond acceptors (Lipinski definition) is 6. The SMILES string of the molecule is Cc1nsc(Sc2ncc(CO)n2C)n1. The molecule has 2 rings (SSSR count). The van der Waals surface area contributed by atoms with Gasteiger partial charge in [0.15, 0.2) is 9.50 Å². The molecule has 1 N–H and O–H groups in total. The van der Waals surface area contributed by atoms with Gasteiger partial charge in [-0.2, -0.15) is 4.37 Å². The molecular formula is C8H10N4OS2. The maximum absolute atomic E-state index is 9.01. The molecular weight excluding hydrogens is 232 g/mol. The molecule has 5 nitrogen and oxygen atoms in total. The highest BCUT2D eigenvalue weighted by molar-refractivity contribution is 8.00. The summed E-state index contributed by atoms with van der Waals surface area (Å²) >= 11 is 2.81. The zero-order valence-corrected chi connectivity index (χ0v) is 9.97. The third-order valence-corrected chi connectivity index (χ3v) is 3.80. The topological polar surface area (TPSA) is 63.8 Å². The van der Waals surface area contributed by atoms with Crippen molar-refractivity contribution in [2.75, 3.05) is 0 Å². The normalized spacial score (nSPS) is 10.9. The lowest BCUT2D eigenvalue weighted by atomic mass is 10.5. The van der Waals surface area contributed by atoms with Crippen LogP contribution in [0.15, 0.2) is 15.7 Å². The molecule has 15 heavy (non-hydrogen) atoms. The highest BCUT2D eigenvalue weighted by atomic mass is 32.2. The van der Waals surface area contributed by atoms with Crippen molar-refractivity contribution in [1.29, 1.82) is 0 Å². The zero-order valence-electron chi connectivity index (χ0n) is 8.34. The highest BCUT2D eigenvalue weighted by Gasteiger charge is 2.09. The van der Waals surface area contributed by atoms with E-state index in [0.29, 0.717) is 0 Å². The molecule has 2 aromatic rings. The second-order valence-corrected chi connectivity index (χ2v) is 4.93. The molecule has 0 atom stereocenters. The Morgan fingerprint density at radius 2 is 2.40 bits per heavy atom. The lowest BCUT2D eigenvalue weighted by Crippen LogP contribution is -1.96. The average molecular weight is 242 g/mol. The molecule has 0 aliphatic rings. The molecule has 0 radical (unpaired) electrons. The van der Waals surface area contributed by atoms with Crippen LogP contribution >= 0.6 is 23.3 Å². The van der Waals surface area contributed by atoms with Gasteiger partial charge in [0.2, 0.25) is 0 Å². The van der Waals surface area contributed by atoms with Crippen LogP contribution in [0.1, 0.15) is 11.5 Å². The molecule has 2 aromatic heterocycles. The van der Waals surface area contributed by atoms with E-state index in [0.717, 1.165) is 21.0 Å². The Balaban J connectivity index is 2.21. The molecule has 80 valence electrons. The molecule has 0 fully saturated rings. The summed E-state index contributed by atoms with van der Waals surface area (Å²) in [5.74, 6) is 0.777. The van der Waals surface area contributed by atoms with E-state index >= 15 is 0 Å². The number of imidazole rings is 1. The van der Waals surface area contributed by atoms with E-state index < -0.39 is 0 Å². The van der Waals surface area contributed by atoms with Crippen LogP contribution in [0, 0.1) is 6.92 Å². The van der Waals surface area contributed by atoms with Crippen LogP contribution in [0.5, 0.6) is 0 Å². The van der Waals surface area contributed by atoms with Crippen LogP contribution in [-0.4, -0.2) is 24.0 Å². The molecule has 0 aliphatic carbocycles. The number of aryl methyl sites for hydroxylation is 1. The number of rotatable bonds is 3. The second kappa shape index (κ2) is 4.30. The first kappa shape index (κ1) is 10.6. The fourth-order valence-corrected chi connectivity index (χ4v) is 2.67. The van der Waals surface area contributed by atoms with Crippen molar-refractivity contribution in [2.24, 2.45) is 7.05 Å². The van der Waals surface area contributed by atoms with Gasteiger partial charge in [-0.05, 0) is 30.2 Å². The molecule has 7 heteroatoms. The van der Waals surface area contributed by atoms with Gasteiger partial charge >= 0.3 is 0 Å². The smallest absolute Gasteiger partial charge is 0.177 e. The van der Waals surface area contributed by atoms with E-state index in [1.54, 1.807) is 6.20 Å². The fourth-order valence-electron chi connectivity index (χ4n) is 1.07. The van der Waals surface area contributed by atoms with Gasteiger partial charge in [-0.25, -0.2) is 9.97 Å². The summed E-state index contributed by atoms with van der Waals surface area (Å²) in [6.45, 7) is 1.86. The summed E-state index contributed by atoms with van der Waals surface area (Å²) in [7, 11) is 1.87. The molecule has 0 spiro atoms. The summed E-state index contributed by atoms with van der Waals surface area (Å²) < 4.78 is 6.81. The molecule has 0 saturated heterocycles. The first-order valence-corrected chi connectivity index (χ1v) is 5.89. The summed E-state index contributed by atoms with van der Waals surface area (Å²) in [6, 6.07) is 0. The predicted octanol–water partition coefficient (Wildman–Crippen LogP) is 1.22. The summed E-state index contributed by atoms with van der Waals surface area (Å²) in [5, 5.41) is 9.82. The van der Waals surface area contributed by atoms with Crippen LogP contribution < -0.4 is 0 Å². The lowest BCUT2D eigenvalue weighted by molar-refractivity contribution is 0.271. The maximum atomic E-state index is 9.01. The largest absolute Gasteiger partial charge is 0.390 e. The highest BCUT2D eigenvalue weighted by Crippen LogP contribution is 2.27. The number of aliphatic hydroxyl groups is 1. The Morgan fingerprint density at radius 1 is 1.60 bits per heavy atom. The van der Waals surface area contributed by atoms with E-state index in [9.17, 15) is 0 Å². The van der Waals surface area contributed by atoms with Gasteiger partial charge in [0, 0.05) is 7.05 Å². The Kier molecular flexibility index (Phi) is 3.03. The minimum absolute atomic E-state index is 0.000787. The summed E-state index contributed by atoms with van der Waals surface area (Å²) in [4.78, 5) is 8.43. The van der Waals surface area contributed by atoms with Crippen LogP contribution in [0.2, 0.25) is 0 Å². The van der Waals surface area contributed by atoms with E-state index in [4.69, 9.17) is 5.11 Å². The van der Waals surface area contributed by atoms with Crippen molar-refractivity contribution >= 4 is 23.3 Å². The van der Waals surface area contributed by atoms with Gasteiger partial charge in [-0.15, -0.1) is 0 Å². The van der Waals surface area contributed by atoms with Crippen LogP contribution in [-0.2, 0) is 13.7 Å². The van der Waals surface area contributed by atoms with E-state index in [1.807, 2.05) is 18.5 Å². The third kappa shape index (κ3) is 2.19. The second-order valence-electron chi connectivity index (χ2n) is 2.96. The van der Waals surface area contributed by atoms with Crippen molar-refractivity contribution < 1.29 is 5.11 Å². The van der Waals surface area contributed by atoms with Crippen molar-refractivity contribution in [3.8, 4) is 0 Å². The minimum Gasteiger partial charge on any atom is -0.390 e. The van der Waals surface area contributed by atoms with Gasteiger partial charge < -0.3 is 9.67 Å². The number of hydrogen-bond donors (Lipinski definition) is 1. The molecule has 0 unspecified atom stereocenters. The monoisotopic (exact) mass is 242 g/mol. The van der Waals surface area contributed by atoms with E-state index in [1.165, 1.54) is 23.3 Å². The quantitative estimate of drug-likeness (QED) is 0.877. The van der Waals surface area contributed by atoms with Gasteiger partial charge in [-0.1, -0.05) is 0 Å². The predicted molar refractivity (Wildman–Crippen MR) is 57.9 cm³/mol. The van der Waals surface area contributed by atoms with E-state index in [2.05, 4.69) is 14.3 Å².